The molecule has 8 aromatic heterocycles. The van der Waals surface area contributed by atoms with Gasteiger partial charge in [0.2, 0.25) is 35.3 Å². The average molecular weight is 1480 g/mol. The van der Waals surface area contributed by atoms with Gasteiger partial charge in [-0.1, -0.05) is 52.4 Å². The number of aromatic carboxylic acids is 1. The number of carbonyl (C=O) groups excluding carboxylic acids is 4. The number of hydrogen-bond donors (Lipinski definition) is 4. The Morgan fingerprint density at radius 2 is 0.894 bits per heavy atom. The van der Waals surface area contributed by atoms with E-state index in [2.05, 4.69) is 126 Å². The second kappa shape index (κ2) is 38.5. The van der Waals surface area contributed by atoms with Gasteiger partial charge in [-0.15, -0.1) is 0 Å². The van der Waals surface area contributed by atoms with Gasteiger partial charge < -0.3 is 78.8 Å². The predicted octanol–water partition coefficient (Wildman–Crippen LogP) is 6.35. The fraction of sp³-hybridized carbons (Fsp3) is 0.535. The standard InChI is InChI=1S/C20H32N4O3Si.C19H30N4O4Si.C16H20N4O3.C16H18N4O3.B.Na.H/c1-15(25)17-13-24(14-26-10-11-28(3,4)5)20-19(17)22-18(12-21-20)27-16-6-8-23(2)9-7-16;1-22-7-5-14(6-8-22)27-16-11-20-18-17(21-16)15(19(24)25)12-23(18)13-26-9-10-28(2,3)4;2*1-3-14(22)20-6-4-11(5-7-20)23-13-9-18-16-15(19-13)12(8-17-16)10(2)21;;;/h12-13,16H,6-11,14H2,1-5H3;11-12,14H,5-10,13H2,1-4H3,(H,24,25);3,8-11,21H,1,4-7H2,2H3,(H,17,18);3,8-9,11H,1,4-7H2,2H3,(H,17,18);;;/q;;;;;+1;-1. The number of ether oxygens (including phenoxy) is 6. The molecule has 4 saturated heterocycles. The molecule has 33 heteroatoms. The van der Waals surface area contributed by atoms with E-state index >= 15 is 0 Å². The topological polar surface area (TPSA) is 339 Å². The molecule has 0 aliphatic carbocycles. The maximum atomic E-state index is 12.1. The zero-order chi connectivity index (χ0) is 73.4. The third-order valence-corrected chi connectivity index (χ3v) is 21.5. The molecule has 4 aliphatic heterocycles. The molecule has 1 unspecified atom stereocenters. The summed E-state index contributed by atoms with van der Waals surface area (Å²) < 4.78 is 38.9. The third kappa shape index (κ3) is 23.6. The summed E-state index contributed by atoms with van der Waals surface area (Å²) in [5.41, 5.74) is 6.30. The van der Waals surface area contributed by atoms with Gasteiger partial charge in [0.1, 0.15) is 65.5 Å². The van der Waals surface area contributed by atoms with Gasteiger partial charge in [0.15, 0.2) is 34.2 Å². The van der Waals surface area contributed by atoms with E-state index < -0.39 is 28.2 Å². The van der Waals surface area contributed by atoms with E-state index in [-0.39, 0.29) is 99.5 Å². The summed E-state index contributed by atoms with van der Waals surface area (Å²) in [6, 6.07) is 2.16. The summed E-state index contributed by atoms with van der Waals surface area (Å²) in [6.45, 7) is 34.1. The zero-order valence-electron chi connectivity index (χ0n) is 63.4. The van der Waals surface area contributed by atoms with Crippen LogP contribution in [-0.2, 0) is 32.5 Å². The average Bonchev–Trinajstić information content (AvgIpc) is 1.67. The first kappa shape index (κ1) is 83.5. The van der Waals surface area contributed by atoms with Crippen LogP contribution in [0.5, 0.6) is 23.5 Å². The maximum absolute atomic E-state index is 12.1. The van der Waals surface area contributed by atoms with E-state index in [9.17, 15) is 34.2 Å². The van der Waals surface area contributed by atoms with Crippen LogP contribution in [0, 0.1) is 0 Å². The number of nitrogens with zero attached hydrogens (tertiary/aromatic N) is 14. The molecule has 8 aromatic rings. The van der Waals surface area contributed by atoms with Crippen molar-refractivity contribution in [1.29, 1.82) is 0 Å². The molecule has 0 aromatic carbocycles. The van der Waals surface area contributed by atoms with Crippen LogP contribution in [0.3, 0.4) is 0 Å². The number of hydrogen-bond acceptors (Lipinski definition) is 22. The number of aliphatic hydroxyl groups excluding tert-OH is 1. The number of aromatic nitrogens is 12. The molecule has 0 spiro atoms. The number of piperidine rings is 4. The molecule has 12 rings (SSSR count). The summed E-state index contributed by atoms with van der Waals surface area (Å²) in [6.07, 6.45) is 22.0. The molecule has 1 atom stereocenters. The van der Waals surface area contributed by atoms with Crippen LogP contribution in [-0.4, -0.2) is 247 Å². The number of aromatic amines is 2. The van der Waals surface area contributed by atoms with Crippen LogP contribution < -0.4 is 48.5 Å². The Balaban J connectivity index is 0.000000218. The number of H-pyrrole nitrogens is 2. The van der Waals surface area contributed by atoms with Crippen molar-refractivity contribution in [3.63, 3.8) is 0 Å². The largest absolute Gasteiger partial charge is 1.00 e. The molecule has 2 amide bonds. The Kier molecular flexibility index (Phi) is 30.9. The molecular formula is C71H101BN16NaO13Si2. The van der Waals surface area contributed by atoms with Crippen molar-refractivity contribution in [2.45, 2.75) is 167 Å². The molecule has 0 saturated carbocycles. The Morgan fingerprint density at radius 3 is 1.27 bits per heavy atom. The summed E-state index contributed by atoms with van der Waals surface area (Å²) in [4.78, 5) is 108. The van der Waals surface area contributed by atoms with Crippen molar-refractivity contribution in [3.05, 3.63) is 97.1 Å². The minimum atomic E-state index is -1.17. The van der Waals surface area contributed by atoms with Crippen LogP contribution in [0.15, 0.2) is 74.9 Å². The van der Waals surface area contributed by atoms with E-state index in [1.165, 1.54) is 19.1 Å². The molecule has 555 valence electrons. The number of ketones is 2. The van der Waals surface area contributed by atoms with E-state index in [1.54, 1.807) is 77.8 Å². The molecule has 12 heterocycles. The van der Waals surface area contributed by atoms with Crippen molar-refractivity contribution < 1.29 is 93.6 Å². The smallest absolute Gasteiger partial charge is 1.00 e. The maximum Gasteiger partial charge on any atom is 1.00 e. The monoisotopic (exact) mass is 1480 g/mol. The summed E-state index contributed by atoms with van der Waals surface area (Å²) in [5.74, 6) is 0.471. The molecular weight excluding hydrogens is 1370 g/mol. The number of nitrogens with one attached hydrogen (secondary N) is 2. The fourth-order valence-electron chi connectivity index (χ4n) is 11.9. The number of rotatable bonds is 24. The third-order valence-electron chi connectivity index (χ3n) is 18.1. The van der Waals surface area contributed by atoms with Gasteiger partial charge in [0, 0.05) is 146 Å². The van der Waals surface area contributed by atoms with Crippen LogP contribution >= 0.6 is 0 Å². The first-order valence-electron chi connectivity index (χ1n) is 35.0. The van der Waals surface area contributed by atoms with Crippen molar-refractivity contribution in [2.75, 3.05) is 79.7 Å². The van der Waals surface area contributed by atoms with E-state index in [4.69, 9.17) is 28.4 Å². The number of Topliss-reactive ketones (excluding diaryl/α,β-unsaturated/α-hetero) is 2. The summed E-state index contributed by atoms with van der Waals surface area (Å²) in [7, 11) is 1.91. The van der Waals surface area contributed by atoms with Crippen molar-refractivity contribution in [1.82, 2.24) is 78.6 Å². The molecule has 0 bridgehead atoms. The van der Waals surface area contributed by atoms with Gasteiger partial charge in [-0.05, 0) is 84.8 Å². The van der Waals surface area contributed by atoms with Gasteiger partial charge in [-0.3, -0.25) is 19.2 Å². The molecule has 3 radical (unpaired) electrons. The number of amides is 2. The number of likely N-dealkylation sites (tertiary alicyclic amines) is 4. The second-order valence-corrected chi connectivity index (χ2v) is 40.0. The Bertz CT molecular complexity index is 4070. The van der Waals surface area contributed by atoms with E-state index in [1.807, 2.05) is 4.57 Å². The van der Waals surface area contributed by atoms with Crippen molar-refractivity contribution in [2.24, 2.45) is 0 Å². The zero-order valence-corrected chi connectivity index (χ0v) is 66.4. The molecule has 4 aliphatic rings. The second-order valence-electron chi connectivity index (χ2n) is 28.8. The Labute approximate surface area is 634 Å². The van der Waals surface area contributed by atoms with Crippen LogP contribution in [0.1, 0.15) is 116 Å². The molecule has 4 fully saturated rings. The number of carboxylic acid groups (broad SMARTS) is 1. The Morgan fingerprint density at radius 1 is 0.548 bits per heavy atom. The minimum absolute atomic E-state index is 0. The number of fused-ring (bicyclic) bond motifs is 4. The molecule has 104 heavy (non-hydrogen) atoms. The first-order valence-corrected chi connectivity index (χ1v) is 42.4. The quantitative estimate of drug-likeness (QED) is 0.0221. The minimum Gasteiger partial charge on any atom is -1.00 e. The van der Waals surface area contributed by atoms with E-state index in [0.717, 1.165) is 96.2 Å². The SMILES string of the molecule is C=CC(=O)N1CCC(Oc2cnc3[nH]cc(C(C)=O)c3n2)CC1.C=CC(=O)N1CCC(Oc2cnc3[nH]cc(C(C)O)c3n2)CC1.CC(=O)c1cn(COCC[Si](C)(C)C)c2ncc(OC3CCN(C)CC3)nc12.CN1CCC(Oc2cnc3c(n2)c(C(=O)O)cn3COCC[Si](C)(C)C)CC1.[B].[H-].[Na+]. The fourth-order valence-corrected chi connectivity index (χ4v) is 13.4. The van der Waals surface area contributed by atoms with Crippen molar-refractivity contribution in [3.8, 4) is 23.5 Å². The number of carbonyl (C=O) groups is 5. The van der Waals surface area contributed by atoms with Gasteiger partial charge in [-0.25, -0.2) is 44.7 Å². The van der Waals surface area contributed by atoms with Crippen LogP contribution in [0.4, 0.5) is 0 Å². The van der Waals surface area contributed by atoms with Crippen LogP contribution in [0.25, 0.3) is 44.7 Å². The normalized spacial score (nSPS) is 16.2. The van der Waals surface area contributed by atoms with Gasteiger partial charge in [0.25, 0.3) is 0 Å². The van der Waals surface area contributed by atoms with Gasteiger partial charge in [-0.2, -0.15) is 0 Å². The van der Waals surface area contributed by atoms with E-state index in [0.29, 0.717) is 124 Å². The Hall–Kier alpha value is -7.79. The summed E-state index contributed by atoms with van der Waals surface area (Å²) in [5, 5.41) is 19.3. The van der Waals surface area contributed by atoms with Gasteiger partial charge >= 0.3 is 35.5 Å². The molecule has 4 N–H and O–H groups in total. The van der Waals surface area contributed by atoms with Crippen molar-refractivity contribution >= 4 is 98.6 Å². The van der Waals surface area contributed by atoms with Gasteiger partial charge in [0.05, 0.1) is 42.0 Å². The number of carboxylic acids is 1. The predicted molar refractivity (Wildman–Crippen MR) is 399 cm³/mol. The number of aliphatic hydroxyl groups is 1. The molecule has 29 nitrogen and oxygen atoms in total. The summed E-state index contributed by atoms with van der Waals surface area (Å²) >= 11 is 0. The first-order chi connectivity index (χ1) is 48.6. The van der Waals surface area contributed by atoms with Crippen LogP contribution in [0.2, 0.25) is 51.4 Å².